The van der Waals surface area contributed by atoms with Gasteiger partial charge in [0.15, 0.2) is 0 Å². The van der Waals surface area contributed by atoms with Gasteiger partial charge in [0.25, 0.3) is 10.1 Å². The fraction of sp³-hybridized carbons (Fsp3) is 0.200. The van der Waals surface area contributed by atoms with Crippen LogP contribution in [0.4, 0.5) is 11.4 Å². The molecule has 0 fully saturated rings. The van der Waals surface area contributed by atoms with E-state index in [4.69, 9.17) is 11.6 Å². The molecule has 1 aliphatic carbocycles. The predicted octanol–water partition coefficient (Wildman–Crippen LogP) is 0.903. The van der Waals surface area contributed by atoms with E-state index in [0.29, 0.717) is 16.0 Å². The van der Waals surface area contributed by atoms with Gasteiger partial charge in [-0.3, -0.25) is 9.98 Å². The molecule has 1 unspecified atom stereocenters. The van der Waals surface area contributed by atoms with Crippen LogP contribution in [0.5, 0.6) is 0 Å². The molecule has 1 aliphatic rings. The number of nitrogens with one attached hydrogen (secondary N) is 1. The van der Waals surface area contributed by atoms with Crippen LogP contribution in [0.3, 0.4) is 0 Å². The van der Waals surface area contributed by atoms with Gasteiger partial charge in [-0.2, -0.15) is 8.42 Å². The Hall–Kier alpha value is -1.76. The van der Waals surface area contributed by atoms with E-state index in [1.165, 1.54) is 6.08 Å². The van der Waals surface area contributed by atoms with Crippen molar-refractivity contribution in [2.75, 3.05) is 5.73 Å². The van der Waals surface area contributed by atoms with E-state index in [0.717, 1.165) is 0 Å². The molecule has 0 bridgehead atoms. The Morgan fingerprint density at radius 3 is 2.73 bits per heavy atom. The van der Waals surface area contributed by atoms with Gasteiger partial charge in [-0.1, -0.05) is 5.22 Å². The number of nitrogens with two attached hydrogens (primary N) is 2. The fourth-order valence-corrected chi connectivity index (χ4v) is 3.45. The van der Waals surface area contributed by atoms with Crippen molar-refractivity contribution in [3.63, 3.8) is 0 Å². The molecule has 22 heavy (non-hydrogen) atoms. The highest BCUT2D eigenvalue weighted by molar-refractivity contribution is 7.90. The lowest BCUT2D eigenvalue weighted by Crippen LogP contribution is -2.34. The van der Waals surface area contributed by atoms with Crippen molar-refractivity contribution in [2.45, 2.75) is 17.4 Å². The molecule has 0 heterocycles. The van der Waals surface area contributed by atoms with Crippen LogP contribution >= 0.6 is 12.6 Å². The Kier molecular flexibility index (Phi) is 4.65. The summed E-state index contributed by atoms with van der Waals surface area (Å²) in [5, 5.41) is 6.88. The monoisotopic (exact) mass is 360 g/mol. The Labute approximate surface area is 137 Å². The van der Waals surface area contributed by atoms with Crippen LogP contribution in [0.25, 0.3) is 6.08 Å². The summed E-state index contributed by atoms with van der Waals surface area (Å²) < 4.78 is 35.6. The molecule has 1 aromatic carbocycles. The minimum atomic E-state index is -4.42. The minimum absolute atomic E-state index is 0.133. The molecular weight excluding hydrogens is 348 g/mol. The number of hydrogen-bond acceptors (Lipinski definition) is 8. The molecule has 2 rings (SSSR count). The van der Waals surface area contributed by atoms with Crippen molar-refractivity contribution in [1.29, 1.82) is 0 Å². The van der Waals surface area contributed by atoms with E-state index in [9.17, 15) is 13.0 Å². The number of hydrogen-bond donors (Lipinski definition) is 5. The van der Waals surface area contributed by atoms with Gasteiger partial charge in [0.2, 0.25) is 0 Å². The molecule has 118 valence electrons. The number of nitrogen functional groups attached to an aromatic ring is 1. The Morgan fingerprint density at radius 1 is 1.50 bits per heavy atom. The van der Waals surface area contributed by atoms with Crippen LogP contribution in [-0.2, 0) is 29.0 Å². The summed E-state index contributed by atoms with van der Waals surface area (Å²) in [5.41, 5.74) is 10.1. The predicted molar refractivity (Wildman–Crippen MR) is 86.8 cm³/mol. The third-order valence-electron chi connectivity index (χ3n) is 3.18. The molecule has 1 atom stereocenters. The summed E-state index contributed by atoms with van der Waals surface area (Å²) in [6.45, 7) is 0. The van der Waals surface area contributed by atoms with Gasteiger partial charge < -0.3 is 11.6 Å². The minimum Gasteiger partial charge on any atom is -0.397 e. The summed E-state index contributed by atoms with van der Waals surface area (Å²) in [5.74, 6) is 5.03. The van der Waals surface area contributed by atoms with Gasteiger partial charge in [0, 0.05) is 11.3 Å². The quantitative estimate of drug-likeness (QED) is 0.133. The topological polar surface area (TPSA) is 156 Å². The largest absolute Gasteiger partial charge is 0.397 e. The maximum atomic E-state index is 11.5. The Morgan fingerprint density at radius 2 is 2.18 bits per heavy atom. The highest BCUT2D eigenvalue weighted by Crippen LogP contribution is 2.40. The third kappa shape index (κ3) is 3.04. The van der Waals surface area contributed by atoms with Crippen LogP contribution in [0, 0.1) is 0 Å². The molecule has 0 saturated heterocycles. The second-order valence-corrected chi connectivity index (χ2v) is 6.53. The first-order valence-corrected chi connectivity index (χ1v) is 8.07. The molecule has 9 nitrogen and oxygen atoms in total. The number of thiol groups is 1. The van der Waals surface area contributed by atoms with E-state index >= 15 is 0 Å². The van der Waals surface area contributed by atoms with Crippen molar-refractivity contribution in [3.05, 3.63) is 22.1 Å². The van der Waals surface area contributed by atoms with Crippen molar-refractivity contribution < 1.29 is 13.0 Å². The number of anilines is 1. The zero-order chi connectivity index (χ0) is 16.5. The van der Waals surface area contributed by atoms with Crippen molar-refractivity contribution in [3.8, 4) is 0 Å². The second-order valence-electron chi connectivity index (χ2n) is 4.44. The SMILES string of the molecule is NN=Nc1c(S)cc2c(c1N)CC(NN=S)C(S(=O)(=O)O)=C2. The summed E-state index contributed by atoms with van der Waals surface area (Å²) >= 11 is 8.67. The van der Waals surface area contributed by atoms with Crippen LogP contribution in [0.1, 0.15) is 11.1 Å². The summed E-state index contributed by atoms with van der Waals surface area (Å²) in [6, 6.07) is 0.723. The number of rotatable bonds is 4. The number of benzene rings is 1. The standard InChI is InChI=1S/C10H12N6O3S3/c11-9-5-3-6(13-16-21)8(22(17,18)19)2-4(5)1-7(20)10(9)14-15-12/h1-2,6,20H,3,11H2,(H2,12,14)(H,13,21)(H,17,18,19). The van der Waals surface area contributed by atoms with Gasteiger partial charge in [-0.15, -0.1) is 22.2 Å². The normalized spacial score (nSPS) is 17.9. The molecule has 0 spiro atoms. The van der Waals surface area contributed by atoms with E-state index in [1.807, 2.05) is 0 Å². The van der Waals surface area contributed by atoms with E-state index in [2.05, 4.69) is 45.3 Å². The average molecular weight is 360 g/mol. The highest BCUT2D eigenvalue weighted by atomic mass is 32.2. The van der Waals surface area contributed by atoms with Gasteiger partial charge in [-0.05, 0) is 23.3 Å². The molecule has 0 amide bonds. The first kappa shape index (κ1) is 16.6. The van der Waals surface area contributed by atoms with Gasteiger partial charge in [-0.25, -0.2) is 0 Å². The van der Waals surface area contributed by atoms with Gasteiger partial charge >= 0.3 is 0 Å². The lowest BCUT2D eigenvalue weighted by molar-refractivity contribution is 0.481. The third-order valence-corrected chi connectivity index (χ3v) is 4.62. The zero-order valence-corrected chi connectivity index (χ0v) is 13.5. The summed E-state index contributed by atoms with van der Waals surface area (Å²) in [4.78, 5) is 0.115. The molecule has 0 aromatic heterocycles. The van der Waals surface area contributed by atoms with Crippen LogP contribution in [0.2, 0.25) is 0 Å². The zero-order valence-electron chi connectivity index (χ0n) is 11.0. The van der Waals surface area contributed by atoms with Crippen molar-refractivity contribution in [1.82, 2.24) is 5.43 Å². The van der Waals surface area contributed by atoms with Gasteiger partial charge in [0.05, 0.1) is 29.1 Å². The molecule has 1 aromatic rings. The molecule has 0 radical (unpaired) electrons. The van der Waals surface area contributed by atoms with Crippen LogP contribution < -0.4 is 17.0 Å². The molecule has 0 aliphatic heterocycles. The molecule has 12 heteroatoms. The van der Waals surface area contributed by atoms with Gasteiger partial charge in [0.1, 0.15) is 5.69 Å². The summed E-state index contributed by atoms with van der Waals surface area (Å²) in [6.07, 6.45) is 1.42. The Balaban J connectivity index is 2.69. The summed E-state index contributed by atoms with van der Waals surface area (Å²) in [7, 11) is -4.42. The molecule has 6 N–H and O–H groups in total. The van der Waals surface area contributed by atoms with E-state index < -0.39 is 16.2 Å². The maximum absolute atomic E-state index is 11.5. The number of fused-ring (bicyclic) bond motifs is 1. The molecule has 0 saturated carbocycles. The Bertz CT molecular complexity index is 790. The fourth-order valence-electron chi connectivity index (χ4n) is 2.24. The van der Waals surface area contributed by atoms with Crippen molar-refractivity contribution >= 4 is 52.6 Å². The lowest BCUT2D eigenvalue weighted by Gasteiger charge is -2.25. The second kappa shape index (κ2) is 6.16. The van der Waals surface area contributed by atoms with Crippen molar-refractivity contribution in [2.24, 2.45) is 20.7 Å². The smallest absolute Gasteiger partial charge is 0.292 e. The van der Waals surface area contributed by atoms with Crippen LogP contribution in [0.15, 0.2) is 30.7 Å². The number of nitrogens with zero attached hydrogens (tertiary/aromatic N) is 3. The first-order valence-electron chi connectivity index (χ1n) is 5.81. The highest BCUT2D eigenvalue weighted by Gasteiger charge is 2.31. The first-order chi connectivity index (χ1) is 10.3. The average Bonchev–Trinajstić information content (AvgIpc) is 2.43. The lowest BCUT2D eigenvalue weighted by atomic mass is 9.92. The van der Waals surface area contributed by atoms with E-state index in [1.54, 1.807) is 6.07 Å². The molecular formula is C10H12N6O3S3. The van der Waals surface area contributed by atoms with E-state index in [-0.39, 0.29) is 22.7 Å². The maximum Gasteiger partial charge on any atom is 0.292 e. The van der Waals surface area contributed by atoms with Crippen LogP contribution in [-0.4, -0.2) is 19.0 Å².